The van der Waals surface area contributed by atoms with Crippen LogP contribution in [0.3, 0.4) is 0 Å². The number of ether oxygens (including phenoxy) is 2. The molecule has 0 fully saturated rings. The fourth-order valence-corrected chi connectivity index (χ4v) is 5.77. The second-order valence-electron chi connectivity index (χ2n) is 11.1. The summed E-state index contributed by atoms with van der Waals surface area (Å²) >= 11 is 0. The highest BCUT2D eigenvalue weighted by atomic mass is 16.5. The van der Waals surface area contributed by atoms with Crippen LogP contribution >= 0.6 is 0 Å². The number of aromatic nitrogens is 4. The number of hydrogen-bond donors (Lipinski definition) is 0. The molecule has 6 nitrogen and oxygen atoms in total. The van der Waals surface area contributed by atoms with Crippen molar-refractivity contribution in [1.82, 2.24) is 19.9 Å². The van der Waals surface area contributed by atoms with Crippen LogP contribution in [0.4, 0.5) is 0 Å². The molecule has 0 N–H and O–H groups in total. The predicted octanol–water partition coefficient (Wildman–Crippen LogP) is 7.33. The van der Waals surface area contributed by atoms with Crippen LogP contribution in [0.15, 0.2) is 12.7 Å². The number of rotatable bonds is 3. The zero-order valence-electron chi connectivity index (χ0n) is 24.6. The number of hydrogen-bond acceptors (Lipinski definition) is 6. The van der Waals surface area contributed by atoms with Crippen molar-refractivity contribution in [2.75, 3.05) is 0 Å². The number of fused-ring (bicyclic) bond motifs is 2. The van der Waals surface area contributed by atoms with Crippen molar-refractivity contribution in [3.05, 3.63) is 46.6 Å². The van der Waals surface area contributed by atoms with E-state index in [1.54, 1.807) is 12.7 Å². The summed E-state index contributed by atoms with van der Waals surface area (Å²) in [5, 5.41) is 0. The first-order valence-corrected chi connectivity index (χ1v) is 13.2. The van der Waals surface area contributed by atoms with E-state index in [1.807, 2.05) is 20.8 Å². The van der Waals surface area contributed by atoms with E-state index in [4.69, 9.17) is 9.47 Å². The van der Waals surface area contributed by atoms with Crippen LogP contribution in [0.25, 0.3) is 0 Å². The summed E-state index contributed by atoms with van der Waals surface area (Å²) in [5.41, 5.74) is 5.77. The molecule has 0 saturated heterocycles. The van der Waals surface area contributed by atoms with Crippen molar-refractivity contribution in [1.29, 1.82) is 0 Å². The van der Waals surface area contributed by atoms with Crippen molar-refractivity contribution in [3.63, 3.8) is 0 Å². The molecule has 0 saturated carbocycles. The molecule has 0 aliphatic carbocycles. The Morgan fingerprint density at radius 1 is 0.743 bits per heavy atom. The molecule has 2 atom stereocenters. The van der Waals surface area contributed by atoms with Crippen LogP contribution in [-0.2, 0) is 26.3 Å². The van der Waals surface area contributed by atoms with Gasteiger partial charge in [-0.3, -0.25) is 0 Å². The molecule has 4 heterocycles. The topological polar surface area (TPSA) is 70.0 Å². The van der Waals surface area contributed by atoms with E-state index in [1.165, 1.54) is 11.1 Å². The van der Waals surface area contributed by atoms with Crippen molar-refractivity contribution in [2.24, 2.45) is 17.8 Å². The fraction of sp³-hybridized carbons (Fsp3) is 0.724. The van der Waals surface area contributed by atoms with Gasteiger partial charge in [0.2, 0.25) is 0 Å². The number of aryl methyl sites for hydroxylation is 2. The lowest BCUT2D eigenvalue weighted by molar-refractivity contribution is -0.139. The lowest BCUT2D eigenvalue weighted by Gasteiger charge is -2.38. The lowest BCUT2D eigenvalue weighted by Crippen LogP contribution is -2.38. The van der Waals surface area contributed by atoms with Gasteiger partial charge in [0.1, 0.15) is 23.9 Å². The third-order valence-electron chi connectivity index (χ3n) is 7.60. The van der Waals surface area contributed by atoms with Crippen LogP contribution < -0.4 is 0 Å². The highest BCUT2D eigenvalue weighted by Gasteiger charge is 2.51. The summed E-state index contributed by atoms with van der Waals surface area (Å²) in [7, 11) is 0. The molecule has 0 amide bonds. The van der Waals surface area contributed by atoms with Gasteiger partial charge in [0, 0.05) is 22.5 Å². The predicted molar refractivity (Wildman–Crippen MR) is 142 cm³/mol. The molecule has 6 heteroatoms. The second kappa shape index (κ2) is 10.6. The van der Waals surface area contributed by atoms with Gasteiger partial charge in [-0.15, -0.1) is 0 Å². The van der Waals surface area contributed by atoms with Crippen molar-refractivity contribution in [3.8, 4) is 0 Å². The summed E-state index contributed by atoms with van der Waals surface area (Å²) in [5.74, 6) is 1.23. The molecule has 2 aliphatic heterocycles. The zero-order valence-corrected chi connectivity index (χ0v) is 24.6. The van der Waals surface area contributed by atoms with Crippen LogP contribution in [0.5, 0.6) is 0 Å². The van der Waals surface area contributed by atoms with Gasteiger partial charge >= 0.3 is 0 Å². The van der Waals surface area contributed by atoms with E-state index in [0.717, 1.165) is 22.8 Å². The average molecular weight is 485 g/mol. The Hall–Kier alpha value is -1.92. The van der Waals surface area contributed by atoms with Crippen molar-refractivity contribution < 1.29 is 9.47 Å². The smallest absolute Gasteiger partial charge is 0.116 e. The van der Waals surface area contributed by atoms with E-state index < -0.39 is 0 Å². The quantitative estimate of drug-likeness (QED) is 0.454. The van der Waals surface area contributed by atoms with E-state index in [2.05, 4.69) is 96.1 Å². The van der Waals surface area contributed by atoms with Crippen LogP contribution in [0, 0.1) is 31.6 Å². The summed E-state index contributed by atoms with van der Waals surface area (Å²) in [6, 6.07) is 0. The molecule has 2 aromatic rings. The summed E-state index contributed by atoms with van der Waals surface area (Å²) in [4.78, 5) is 17.5. The Balaban J connectivity index is 0.000000231. The van der Waals surface area contributed by atoms with Gasteiger partial charge < -0.3 is 9.47 Å². The monoisotopic (exact) mass is 484 g/mol. The standard InChI is InChI=1S/C14H22N2O.C13H20N2O.C2H6/c1-8(2)14(9(3)4)12-10(5)15-7-16-13(12)11(6)17-14;1-8(2)13(6)10-9(3)14-7-15-11(10)12(4,5)16-13;1-2/h7-9,11H,1-6H3;7-8H,1-6H3;1-2H3. The second-order valence-corrected chi connectivity index (χ2v) is 11.1. The highest BCUT2D eigenvalue weighted by molar-refractivity contribution is 5.38. The third-order valence-corrected chi connectivity index (χ3v) is 7.60. The Labute approximate surface area is 213 Å². The van der Waals surface area contributed by atoms with E-state index in [-0.39, 0.29) is 22.9 Å². The van der Waals surface area contributed by atoms with Gasteiger partial charge in [0.25, 0.3) is 0 Å². The van der Waals surface area contributed by atoms with Crippen LogP contribution in [-0.4, -0.2) is 19.9 Å². The van der Waals surface area contributed by atoms with Crippen LogP contribution in [0.1, 0.15) is 123 Å². The Morgan fingerprint density at radius 2 is 1.23 bits per heavy atom. The molecule has 0 radical (unpaired) electrons. The van der Waals surface area contributed by atoms with E-state index >= 15 is 0 Å². The van der Waals surface area contributed by atoms with Crippen LogP contribution in [0.2, 0.25) is 0 Å². The first-order chi connectivity index (χ1) is 16.2. The molecule has 2 unspecified atom stereocenters. The molecule has 0 spiro atoms. The molecular weight excluding hydrogens is 436 g/mol. The molecule has 196 valence electrons. The minimum Gasteiger partial charge on any atom is -0.360 e. The fourth-order valence-electron chi connectivity index (χ4n) is 5.77. The van der Waals surface area contributed by atoms with E-state index in [9.17, 15) is 0 Å². The van der Waals surface area contributed by atoms with Gasteiger partial charge in [-0.25, -0.2) is 19.9 Å². The minimum atomic E-state index is -0.317. The van der Waals surface area contributed by atoms with Gasteiger partial charge in [-0.05, 0) is 59.3 Å². The summed E-state index contributed by atoms with van der Waals surface area (Å²) < 4.78 is 12.6. The normalized spacial score (nSPS) is 23.4. The molecular formula is C29H48N4O2. The van der Waals surface area contributed by atoms with Gasteiger partial charge in [-0.2, -0.15) is 0 Å². The molecule has 2 aliphatic rings. The SMILES string of the molecule is CC.Cc1ncnc2c1C(C(C)C)(C(C)C)OC2C.Cc1ncnc2c1C(C)(C(C)C)OC2(C)C. The largest absolute Gasteiger partial charge is 0.360 e. The molecule has 35 heavy (non-hydrogen) atoms. The first-order valence-electron chi connectivity index (χ1n) is 13.2. The zero-order chi connectivity index (χ0) is 26.9. The maximum Gasteiger partial charge on any atom is 0.116 e. The van der Waals surface area contributed by atoms with Gasteiger partial charge in [-0.1, -0.05) is 55.4 Å². The Bertz CT molecular complexity index is 1010. The van der Waals surface area contributed by atoms with E-state index in [0.29, 0.717) is 17.8 Å². The summed E-state index contributed by atoms with van der Waals surface area (Å²) in [6.45, 7) is 29.7. The molecule has 4 rings (SSSR count). The Morgan fingerprint density at radius 3 is 1.71 bits per heavy atom. The van der Waals surface area contributed by atoms with Crippen molar-refractivity contribution >= 4 is 0 Å². The van der Waals surface area contributed by atoms with Gasteiger partial charge in [0.05, 0.1) is 23.1 Å². The molecule has 0 bridgehead atoms. The van der Waals surface area contributed by atoms with Gasteiger partial charge in [0.15, 0.2) is 0 Å². The summed E-state index contributed by atoms with van der Waals surface area (Å²) in [6.07, 6.45) is 3.34. The molecule has 2 aromatic heterocycles. The molecule has 0 aromatic carbocycles. The highest BCUT2D eigenvalue weighted by Crippen LogP contribution is 2.52. The first kappa shape index (κ1) is 29.3. The number of nitrogens with zero attached hydrogens (tertiary/aromatic N) is 4. The Kier molecular flexibility index (Phi) is 8.87. The maximum atomic E-state index is 6.32. The van der Waals surface area contributed by atoms with Crippen molar-refractivity contribution in [2.45, 2.75) is 120 Å². The maximum absolute atomic E-state index is 6.32. The third kappa shape index (κ3) is 4.89. The minimum absolute atomic E-state index is 0.0662. The lowest BCUT2D eigenvalue weighted by atomic mass is 9.75. The average Bonchev–Trinajstić information content (AvgIpc) is 3.21.